The summed E-state index contributed by atoms with van der Waals surface area (Å²) in [7, 11) is 1.57. The average molecular weight is 273 g/mol. The van der Waals surface area contributed by atoms with Crippen LogP contribution in [0.5, 0.6) is 5.75 Å². The van der Waals surface area contributed by atoms with Crippen molar-refractivity contribution in [3.8, 4) is 5.75 Å². The molecule has 0 aliphatic carbocycles. The van der Waals surface area contributed by atoms with Crippen molar-refractivity contribution in [2.75, 3.05) is 12.1 Å². The number of nitrogens with zero attached hydrogens (tertiary/aromatic N) is 1. The Bertz CT molecular complexity index is 611. The van der Waals surface area contributed by atoms with Gasteiger partial charge in [0.1, 0.15) is 11.6 Å². The van der Waals surface area contributed by atoms with Crippen LogP contribution in [-0.2, 0) is 0 Å². The van der Waals surface area contributed by atoms with Crippen LogP contribution in [0, 0.1) is 5.82 Å². The zero-order chi connectivity index (χ0) is 14.5. The summed E-state index contributed by atoms with van der Waals surface area (Å²) in [6.45, 7) is 0. The fraction of sp³-hybridized carbons (Fsp3) is 0.0667. The summed E-state index contributed by atoms with van der Waals surface area (Å²) in [6, 6.07) is 13.2. The van der Waals surface area contributed by atoms with Crippen molar-refractivity contribution in [2.24, 2.45) is 11.6 Å². The lowest BCUT2D eigenvalue weighted by Crippen LogP contribution is -2.26. The number of nitrogens with two attached hydrogens (primary N) is 2. The second-order valence-electron chi connectivity index (χ2n) is 4.17. The monoisotopic (exact) mass is 273 g/mol. The smallest absolute Gasteiger partial charge is 0.143 e. The second-order valence-corrected chi connectivity index (χ2v) is 4.17. The maximum Gasteiger partial charge on any atom is 0.143 e. The maximum atomic E-state index is 12.9. The highest BCUT2D eigenvalue weighted by Crippen LogP contribution is 2.26. The van der Waals surface area contributed by atoms with Crippen LogP contribution in [0.4, 0.5) is 10.1 Å². The number of anilines is 1. The minimum absolute atomic E-state index is 0.309. The van der Waals surface area contributed by atoms with E-state index in [0.29, 0.717) is 22.7 Å². The van der Waals surface area contributed by atoms with Gasteiger partial charge < -0.3 is 10.5 Å². The summed E-state index contributed by atoms with van der Waals surface area (Å²) in [6.07, 6.45) is 1.56. The van der Waals surface area contributed by atoms with Crippen LogP contribution in [0.15, 0.2) is 54.7 Å². The van der Waals surface area contributed by atoms with E-state index < -0.39 is 0 Å². The number of benzene rings is 2. The first kappa shape index (κ1) is 13.9. The molecular formula is C15H16FN3O. The summed E-state index contributed by atoms with van der Waals surface area (Å²) < 4.78 is 18.1. The third-order valence-electron chi connectivity index (χ3n) is 2.82. The quantitative estimate of drug-likeness (QED) is 0.663. The van der Waals surface area contributed by atoms with Crippen LogP contribution >= 0.6 is 0 Å². The zero-order valence-corrected chi connectivity index (χ0v) is 11.1. The Morgan fingerprint density at radius 2 is 1.80 bits per heavy atom. The van der Waals surface area contributed by atoms with Gasteiger partial charge >= 0.3 is 0 Å². The Balaban J connectivity index is 2.27. The van der Waals surface area contributed by atoms with E-state index in [1.54, 1.807) is 31.5 Å². The number of rotatable bonds is 4. The average Bonchev–Trinajstić information content (AvgIpc) is 2.47. The summed E-state index contributed by atoms with van der Waals surface area (Å²) in [5, 5.41) is 1.37. The second kappa shape index (κ2) is 6.08. The fourth-order valence-corrected chi connectivity index (χ4v) is 1.78. The third kappa shape index (κ3) is 3.07. The lowest BCUT2D eigenvalue weighted by molar-refractivity contribution is 0.415. The SMILES string of the molecule is COc1ccccc1N(N)/C=C(\N)c1ccc(F)cc1. The topological polar surface area (TPSA) is 64.5 Å². The molecule has 0 aliphatic heterocycles. The highest BCUT2D eigenvalue weighted by Gasteiger charge is 2.07. The van der Waals surface area contributed by atoms with Crippen LogP contribution in [0.1, 0.15) is 5.56 Å². The predicted octanol–water partition coefficient (Wildman–Crippen LogP) is 2.47. The van der Waals surface area contributed by atoms with Crippen LogP contribution in [0.3, 0.4) is 0 Å². The van der Waals surface area contributed by atoms with E-state index in [9.17, 15) is 4.39 Å². The Kier molecular flexibility index (Phi) is 4.22. The predicted molar refractivity (Wildman–Crippen MR) is 78.2 cm³/mol. The molecule has 0 atom stereocenters. The minimum Gasteiger partial charge on any atom is -0.495 e. The van der Waals surface area contributed by atoms with E-state index >= 15 is 0 Å². The molecule has 5 heteroatoms. The molecule has 4 nitrogen and oxygen atoms in total. The van der Waals surface area contributed by atoms with E-state index in [1.165, 1.54) is 17.1 Å². The number of halogens is 1. The first-order valence-electron chi connectivity index (χ1n) is 6.02. The Morgan fingerprint density at radius 3 is 2.45 bits per heavy atom. The van der Waals surface area contributed by atoms with Crippen molar-refractivity contribution < 1.29 is 9.13 Å². The number of hydrogen-bond donors (Lipinski definition) is 2. The number of hydrazine groups is 1. The number of para-hydroxylation sites is 2. The van der Waals surface area contributed by atoms with Crippen LogP contribution in [-0.4, -0.2) is 7.11 Å². The molecule has 20 heavy (non-hydrogen) atoms. The van der Waals surface area contributed by atoms with Gasteiger partial charge in [0.2, 0.25) is 0 Å². The Labute approximate surface area is 117 Å². The van der Waals surface area contributed by atoms with Crippen molar-refractivity contribution in [1.29, 1.82) is 0 Å². The first-order chi connectivity index (χ1) is 9.61. The molecule has 0 aliphatic rings. The Hall–Kier alpha value is -2.53. The molecule has 0 aromatic heterocycles. The van der Waals surface area contributed by atoms with Gasteiger partial charge in [0.15, 0.2) is 0 Å². The fourth-order valence-electron chi connectivity index (χ4n) is 1.78. The van der Waals surface area contributed by atoms with Crippen molar-refractivity contribution in [2.45, 2.75) is 0 Å². The molecule has 0 saturated heterocycles. The summed E-state index contributed by atoms with van der Waals surface area (Å²) in [5.41, 5.74) is 7.75. The van der Waals surface area contributed by atoms with Gasteiger partial charge in [-0.25, -0.2) is 10.2 Å². The molecule has 0 amide bonds. The van der Waals surface area contributed by atoms with E-state index in [2.05, 4.69) is 0 Å². The van der Waals surface area contributed by atoms with Gasteiger partial charge in [-0.05, 0) is 42.0 Å². The molecule has 2 rings (SSSR count). The molecule has 0 spiro atoms. The van der Waals surface area contributed by atoms with E-state index in [-0.39, 0.29) is 5.82 Å². The molecule has 0 unspecified atom stereocenters. The minimum atomic E-state index is -0.309. The number of hydrogen-bond acceptors (Lipinski definition) is 4. The normalized spacial score (nSPS) is 11.2. The zero-order valence-electron chi connectivity index (χ0n) is 11.1. The van der Waals surface area contributed by atoms with Crippen LogP contribution in [0.2, 0.25) is 0 Å². The molecule has 0 saturated carbocycles. The van der Waals surface area contributed by atoms with Crippen molar-refractivity contribution >= 4 is 11.4 Å². The molecule has 0 radical (unpaired) electrons. The standard InChI is InChI=1S/C15H16FN3O/c1-20-15-5-3-2-4-14(15)19(18)10-13(17)11-6-8-12(16)9-7-11/h2-10H,17-18H2,1H3/b13-10-. The molecule has 0 heterocycles. The van der Waals surface area contributed by atoms with Gasteiger partial charge in [-0.3, -0.25) is 5.01 Å². The molecule has 0 fully saturated rings. The van der Waals surface area contributed by atoms with Crippen molar-refractivity contribution in [3.05, 3.63) is 66.1 Å². The molecule has 104 valence electrons. The van der Waals surface area contributed by atoms with Crippen LogP contribution in [0.25, 0.3) is 5.70 Å². The van der Waals surface area contributed by atoms with Crippen molar-refractivity contribution in [1.82, 2.24) is 0 Å². The lowest BCUT2D eigenvalue weighted by atomic mass is 10.2. The van der Waals surface area contributed by atoms with E-state index in [1.807, 2.05) is 18.2 Å². The third-order valence-corrected chi connectivity index (χ3v) is 2.82. The van der Waals surface area contributed by atoms with E-state index in [4.69, 9.17) is 16.3 Å². The van der Waals surface area contributed by atoms with Crippen LogP contribution < -0.4 is 21.3 Å². The summed E-state index contributed by atoms with van der Waals surface area (Å²) >= 11 is 0. The highest BCUT2D eigenvalue weighted by molar-refractivity contribution is 5.68. The summed E-state index contributed by atoms with van der Waals surface area (Å²) in [4.78, 5) is 0. The van der Waals surface area contributed by atoms with Gasteiger partial charge in [-0.2, -0.15) is 0 Å². The molecular weight excluding hydrogens is 257 g/mol. The molecule has 0 bridgehead atoms. The molecule has 2 aromatic rings. The highest BCUT2D eigenvalue weighted by atomic mass is 19.1. The first-order valence-corrected chi connectivity index (χ1v) is 6.02. The number of methoxy groups -OCH3 is 1. The molecule has 4 N–H and O–H groups in total. The van der Waals surface area contributed by atoms with Gasteiger partial charge in [0, 0.05) is 6.20 Å². The van der Waals surface area contributed by atoms with E-state index in [0.717, 1.165) is 0 Å². The van der Waals surface area contributed by atoms with Gasteiger partial charge in [-0.1, -0.05) is 12.1 Å². The van der Waals surface area contributed by atoms with Gasteiger partial charge in [-0.15, -0.1) is 0 Å². The van der Waals surface area contributed by atoms with Gasteiger partial charge in [0.05, 0.1) is 18.5 Å². The largest absolute Gasteiger partial charge is 0.495 e. The maximum absolute atomic E-state index is 12.9. The summed E-state index contributed by atoms with van der Waals surface area (Å²) in [5.74, 6) is 6.29. The lowest BCUT2D eigenvalue weighted by Gasteiger charge is -2.18. The number of ether oxygens (including phenoxy) is 1. The Morgan fingerprint density at radius 1 is 1.15 bits per heavy atom. The molecule has 2 aromatic carbocycles. The van der Waals surface area contributed by atoms with Gasteiger partial charge in [0.25, 0.3) is 0 Å². The van der Waals surface area contributed by atoms with Crippen molar-refractivity contribution in [3.63, 3.8) is 0 Å².